The summed E-state index contributed by atoms with van der Waals surface area (Å²) in [5.74, 6) is -2.17. The zero-order valence-electron chi connectivity index (χ0n) is 9.94. The van der Waals surface area contributed by atoms with Crippen LogP contribution in [0.1, 0.15) is 26.7 Å². The molecular formula is C13H10ClNO4. The maximum atomic E-state index is 11.8. The van der Waals surface area contributed by atoms with E-state index in [1.165, 1.54) is 12.1 Å². The number of carboxylic acid groups (broad SMARTS) is 1. The molecule has 5 nitrogen and oxygen atoms in total. The van der Waals surface area contributed by atoms with Crippen molar-refractivity contribution in [3.05, 3.63) is 52.4 Å². The monoisotopic (exact) mass is 279 g/mol. The van der Waals surface area contributed by atoms with E-state index in [4.69, 9.17) is 21.1 Å². The molecule has 2 N–H and O–H groups in total. The topological polar surface area (TPSA) is 79.5 Å². The highest BCUT2D eigenvalue weighted by atomic mass is 35.5. The van der Waals surface area contributed by atoms with E-state index in [2.05, 4.69) is 5.32 Å². The summed E-state index contributed by atoms with van der Waals surface area (Å²) < 4.78 is 4.89. The number of aryl methyl sites for hydroxylation is 1. The van der Waals surface area contributed by atoms with Crippen molar-refractivity contribution >= 4 is 29.2 Å². The van der Waals surface area contributed by atoms with E-state index < -0.39 is 11.9 Å². The zero-order valence-corrected chi connectivity index (χ0v) is 10.7. The number of rotatable bonds is 3. The van der Waals surface area contributed by atoms with Crippen molar-refractivity contribution in [1.29, 1.82) is 0 Å². The first-order valence-corrected chi connectivity index (χ1v) is 5.76. The molecule has 1 aromatic carbocycles. The van der Waals surface area contributed by atoms with Crippen LogP contribution in [-0.2, 0) is 0 Å². The van der Waals surface area contributed by atoms with Crippen LogP contribution in [0.4, 0.5) is 5.69 Å². The third-order valence-electron chi connectivity index (χ3n) is 2.41. The molecule has 0 atom stereocenters. The lowest BCUT2D eigenvalue weighted by molar-refractivity contribution is 0.0660. The van der Waals surface area contributed by atoms with E-state index in [0.29, 0.717) is 10.7 Å². The molecule has 0 aliphatic carbocycles. The Labute approximate surface area is 113 Å². The van der Waals surface area contributed by atoms with Crippen molar-refractivity contribution in [2.75, 3.05) is 5.32 Å². The molecule has 19 heavy (non-hydrogen) atoms. The van der Waals surface area contributed by atoms with Crippen LogP contribution in [-0.4, -0.2) is 17.0 Å². The van der Waals surface area contributed by atoms with Gasteiger partial charge in [-0.25, -0.2) is 4.79 Å². The summed E-state index contributed by atoms with van der Waals surface area (Å²) in [5, 5.41) is 11.6. The van der Waals surface area contributed by atoms with Crippen LogP contribution >= 0.6 is 11.6 Å². The number of amides is 1. The molecule has 2 aromatic rings. The summed E-state index contributed by atoms with van der Waals surface area (Å²) in [6, 6.07) is 7.68. The number of carboxylic acids is 1. The lowest BCUT2D eigenvalue weighted by atomic mass is 10.2. The highest BCUT2D eigenvalue weighted by Crippen LogP contribution is 2.23. The Hall–Kier alpha value is -2.27. The van der Waals surface area contributed by atoms with Crippen LogP contribution in [0.15, 0.2) is 34.7 Å². The van der Waals surface area contributed by atoms with Gasteiger partial charge < -0.3 is 14.8 Å². The summed E-state index contributed by atoms with van der Waals surface area (Å²) >= 11 is 5.98. The van der Waals surface area contributed by atoms with E-state index >= 15 is 0 Å². The third kappa shape index (κ3) is 2.95. The third-order valence-corrected chi connectivity index (χ3v) is 2.73. The van der Waals surface area contributed by atoms with Gasteiger partial charge in [0.2, 0.25) is 5.76 Å². The maximum Gasteiger partial charge on any atom is 0.371 e. The fourth-order valence-electron chi connectivity index (χ4n) is 1.48. The number of halogens is 1. The molecule has 0 saturated heterocycles. The number of nitrogens with one attached hydrogen (secondary N) is 1. The molecule has 0 aliphatic rings. The molecule has 0 spiro atoms. The minimum absolute atomic E-state index is 0.0889. The predicted molar refractivity (Wildman–Crippen MR) is 69.8 cm³/mol. The number of hydrogen-bond donors (Lipinski definition) is 2. The molecule has 0 unspecified atom stereocenters. The highest BCUT2D eigenvalue weighted by molar-refractivity contribution is 6.34. The second-order valence-electron chi connectivity index (χ2n) is 3.91. The Morgan fingerprint density at radius 3 is 2.47 bits per heavy atom. The molecule has 1 aromatic heterocycles. The van der Waals surface area contributed by atoms with Crippen molar-refractivity contribution in [3.63, 3.8) is 0 Å². The summed E-state index contributed by atoms with van der Waals surface area (Å²) in [5.41, 5.74) is 1.40. The SMILES string of the molecule is Cc1ccc(NC(=O)c2ccc(C(=O)O)o2)c(Cl)c1. The lowest BCUT2D eigenvalue weighted by Gasteiger charge is -2.06. The number of aromatic carboxylic acids is 1. The summed E-state index contributed by atoms with van der Waals surface area (Å²) in [4.78, 5) is 22.5. The molecule has 98 valence electrons. The van der Waals surface area contributed by atoms with Gasteiger partial charge in [-0.3, -0.25) is 4.79 Å². The molecule has 6 heteroatoms. The van der Waals surface area contributed by atoms with Gasteiger partial charge in [0, 0.05) is 0 Å². The van der Waals surface area contributed by atoms with E-state index in [1.807, 2.05) is 6.92 Å². The van der Waals surface area contributed by atoms with Gasteiger partial charge in [0.1, 0.15) is 0 Å². The van der Waals surface area contributed by atoms with Crippen molar-refractivity contribution in [2.45, 2.75) is 6.92 Å². The van der Waals surface area contributed by atoms with Gasteiger partial charge in [-0.05, 0) is 36.8 Å². The minimum atomic E-state index is -1.23. The predicted octanol–water partition coefficient (Wildman–Crippen LogP) is 3.19. The lowest BCUT2D eigenvalue weighted by Crippen LogP contribution is -2.11. The van der Waals surface area contributed by atoms with Crippen molar-refractivity contribution in [1.82, 2.24) is 0 Å². The first kappa shape index (κ1) is 13.2. The minimum Gasteiger partial charge on any atom is -0.475 e. The van der Waals surface area contributed by atoms with E-state index in [0.717, 1.165) is 5.56 Å². The first-order valence-electron chi connectivity index (χ1n) is 5.38. The smallest absolute Gasteiger partial charge is 0.371 e. The van der Waals surface area contributed by atoms with Crippen LogP contribution < -0.4 is 5.32 Å². The number of benzene rings is 1. The summed E-state index contributed by atoms with van der Waals surface area (Å²) in [6.07, 6.45) is 0. The summed E-state index contributed by atoms with van der Waals surface area (Å²) in [7, 11) is 0. The van der Waals surface area contributed by atoms with Gasteiger partial charge >= 0.3 is 5.97 Å². The van der Waals surface area contributed by atoms with Crippen LogP contribution in [0.5, 0.6) is 0 Å². The largest absolute Gasteiger partial charge is 0.475 e. The van der Waals surface area contributed by atoms with Crippen molar-refractivity contribution < 1.29 is 19.1 Å². The number of carbonyl (C=O) groups excluding carboxylic acids is 1. The van der Waals surface area contributed by atoms with Gasteiger partial charge in [0.15, 0.2) is 5.76 Å². The average molecular weight is 280 g/mol. The molecule has 0 aliphatic heterocycles. The quantitative estimate of drug-likeness (QED) is 0.904. The van der Waals surface area contributed by atoms with E-state index in [-0.39, 0.29) is 11.5 Å². The van der Waals surface area contributed by atoms with Crippen LogP contribution in [0.2, 0.25) is 5.02 Å². The van der Waals surface area contributed by atoms with Crippen molar-refractivity contribution in [3.8, 4) is 0 Å². The van der Waals surface area contributed by atoms with Crippen LogP contribution in [0.3, 0.4) is 0 Å². The fourth-order valence-corrected chi connectivity index (χ4v) is 1.76. The van der Waals surface area contributed by atoms with Gasteiger partial charge in [0.25, 0.3) is 5.91 Å². The van der Waals surface area contributed by atoms with Gasteiger partial charge in [0.05, 0.1) is 10.7 Å². The summed E-state index contributed by atoms with van der Waals surface area (Å²) in [6.45, 7) is 1.88. The Bertz CT molecular complexity index is 648. The second-order valence-corrected chi connectivity index (χ2v) is 4.31. The molecule has 0 bridgehead atoms. The number of hydrogen-bond acceptors (Lipinski definition) is 3. The standard InChI is InChI=1S/C13H10ClNO4/c1-7-2-3-9(8(14)6-7)15-12(16)10-4-5-11(19-10)13(17)18/h2-6H,1H3,(H,15,16)(H,17,18). The Kier molecular flexibility index (Phi) is 3.57. The first-order chi connectivity index (χ1) is 8.97. The normalized spacial score (nSPS) is 10.2. The molecular weight excluding hydrogens is 270 g/mol. The van der Waals surface area contributed by atoms with Crippen molar-refractivity contribution in [2.24, 2.45) is 0 Å². The van der Waals surface area contributed by atoms with Gasteiger partial charge in [-0.1, -0.05) is 17.7 Å². The van der Waals surface area contributed by atoms with E-state index in [1.54, 1.807) is 18.2 Å². The molecule has 0 fully saturated rings. The highest BCUT2D eigenvalue weighted by Gasteiger charge is 2.15. The Morgan fingerprint density at radius 1 is 1.21 bits per heavy atom. The van der Waals surface area contributed by atoms with Gasteiger partial charge in [-0.2, -0.15) is 0 Å². The maximum absolute atomic E-state index is 11.8. The van der Waals surface area contributed by atoms with E-state index in [9.17, 15) is 9.59 Å². The Morgan fingerprint density at radius 2 is 1.89 bits per heavy atom. The molecule has 0 saturated carbocycles. The fraction of sp³-hybridized carbons (Fsp3) is 0.0769. The number of anilines is 1. The number of carbonyl (C=O) groups is 2. The molecule has 1 heterocycles. The second kappa shape index (κ2) is 5.16. The van der Waals surface area contributed by atoms with Crippen LogP contribution in [0, 0.1) is 6.92 Å². The van der Waals surface area contributed by atoms with Crippen LogP contribution in [0.25, 0.3) is 0 Å². The zero-order chi connectivity index (χ0) is 14.0. The molecule has 0 radical (unpaired) electrons. The van der Waals surface area contributed by atoms with Gasteiger partial charge in [-0.15, -0.1) is 0 Å². The Balaban J connectivity index is 2.18. The number of furan rings is 1. The molecule has 2 rings (SSSR count). The average Bonchev–Trinajstić information content (AvgIpc) is 2.82. The molecule has 1 amide bonds.